The second-order valence-corrected chi connectivity index (χ2v) is 2.95. The Morgan fingerprint density at radius 3 is 2.18 bits per heavy atom. The van der Waals surface area contributed by atoms with Crippen molar-refractivity contribution in [2.24, 2.45) is 11.8 Å². The summed E-state index contributed by atoms with van der Waals surface area (Å²) in [7, 11) is 0. The van der Waals surface area contributed by atoms with Gasteiger partial charge < -0.3 is 4.79 Å². The molecule has 0 spiro atoms. The lowest BCUT2D eigenvalue weighted by atomic mass is 10.1. The van der Waals surface area contributed by atoms with E-state index in [1.54, 1.807) is 0 Å². The Hall–Kier alpha value is -0.540. The Morgan fingerprint density at radius 2 is 1.91 bits per heavy atom. The fraction of sp³-hybridized carbons (Fsp3) is 0.857. The topological polar surface area (TPSA) is 17.1 Å². The van der Waals surface area contributed by atoms with Gasteiger partial charge in [-0.25, -0.2) is 0 Å². The number of carbonyl (C=O) groups is 1. The van der Waals surface area contributed by atoms with Crippen LogP contribution in [0.2, 0.25) is 0 Å². The van der Waals surface area contributed by atoms with Crippen LogP contribution in [0.5, 0.6) is 0 Å². The third kappa shape index (κ3) is 1.94. The Kier molecular flexibility index (Phi) is 2.20. The number of halogens is 3. The minimum atomic E-state index is -4.10. The van der Waals surface area contributed by atoms with Crippen molar-refractivity contribution >= 4 is 6.29 Å². The van der Waals surface area contributed by atoms with Crippen LogP contribution in [0.4, 0.5) is 13.2 Å². The van der Waals surface area contributed by atoms with Gasteiger partial charge in [-0.3, -0.25) is 0 Å². The summed E-state index contributed by atoms with van der Waals surface area (Å²) in [4.78, 5) is 10.1. The molecule has 0 N–H and O–H groups in total. The summed E-state index contributed by atoms with van der Waals surface area (Å²) in [6.07, 6.45) is -2.96. The van der Waals surface area contributed by atoms with E-state index in [0.717, 1.165) is 0 Å². The molecular weight excluding hydrogens is 157 g/mol. The normalized spacial score (nSPS) is 32.3. The van der Waals surface area contributed by atoms with Gasteiger partial charge in [0.2, 0.25) is 0 Å². The summed E-state index contributed by atoms with van der Waals surface area (Å²) < 4.78 is 35.9. The average Bonchev–Trinajstić information content (AvgIpc) is 2.32. The summed E-state index contributed by atoms with van der Waals surface area (Å²) in [5.41, 5.74) is 0. The first-order valence-corrected chi connectivity index (χ1v) is 3.56. The van der Waals surface area contributed by atoms with Crippen molar-refractivity contribution < 1.29 is 18.0 Å². The summed E-state index contributed by atoms with van der Waals surface area (Å²) in [6.45, 7) is 0. The predicted octanol–water partition coefficient (Wildman–Crippen LogP) is 2.16. The van der Waals surface area contributed by atoms with Crippen LogP contribution in [-0.2, 0) is 4.79 Å². The van der Waals surface area contributed by atoms with Gasteiger partial charge >= 0.3 is 6.18 Å². The van der Waals surface area contributed by atoms with Crippen LogP contribution in [0.1, 0.15) is 19.3 Å². The lowest BCUT2D eigenvalue weighted by Crippen LogP contribution is -2.20. The van der Waals surface area contributed by atoms with Gasteiger partial charge in [-0.15, -0.1) is 0 Å². The molecule has 1 saturated carbocycles. The Balaban J connectivity index is 2.48. The molecule has 0 amide bonds. The standard InChI is InChI=1S/C7H9F3O/c8-7(9,10)6-2-1-5(3-6)4-11/h4-6H,1-3H2/t5-,6-/m1/s1. The lowest BCUT2D eigenvalue weighted by molar-refractivity contribution is -0.173. The van der Waals surface area contributed by atoms with Gasteiger partial charge in [-0.2, -0.15) is 13.2 Å². The van der Waals surface area contributed by atoms with Gasteiger partial charge in [0.1, 0.15) is 6.29 Å². The molecule has 0 aromatic carbocycles. The van der Waals surface area contributed by atoms with Crippen LogP contribution < -0.4 is 0 Å². The van der Waals surface area contributed by atoms with Crippen LogP contribution >= 0.6 is 0 Å². The number of hydrogen-bond donors (Lipinski definition) is 0. The molecule has 64 valence electrons. The van der Waals surface area contributed by atoms with Crippen LogP contribution in [0.15, 0.2) is 0 Å². The Labute approximate surface area is 62.6 Å². The highest BCUT2D eigenvalue weighted by molar-refractivity contribution is 5.53. The minimum absolute atomic E-state index is 0.00694. The number of aldehydes is 1. The van der Waals surface area contributed by atoms with E-state index >= 15 is 0 Å². The van der Waals surface area contributed by atoms with E-state index in [0.29, 0.717) is 12.7 Å². The largest absolute Gasteiger partial charge is 0.391 e. The van der Waals surface area contributed by atoms with E-state index in [1.165, 1.54) is 0 Å². The summed E-state index contributed by atoms with van der Waals surface area (Å²) in [5, 5.41) is 0. The maximum absolute atomic E-state index is 12.0. The van der Waals surface area contributed by atoms with Crippen molar-refractivity contribution in [3.63, 3.8) is 0 Å². The zero-order valence-corrected chi connectivity index (χ0v) is 5.90. The molecule has 2 atom stereocenters. The molecule has 0 aliphatic heterocycles. The molecule has 1 aliphatic carbocycles. The van der Waals surface area contributed by atoms with Gasteiger partial charge in [0.25, 0.3) is 0 Å². The van der Waals surface area contributed by atoms with Gasteiger partial charge in [0.05, 0.1) is 5.92 Å². The second kappa shape index (κ2) is 2.83. The molecule has 0 radical (unpaired) electrons. The maximum Gasteiger partial charge on any atom is 0.391 e. The zero-order chi connectivity index (χ0) is 8.48. The van der Waals surface area contributed by atoms with Crippen molar-refractivity contribution in [1.29, 1.82) is 0 Å². The monoisotopic (exact) mass is 166 g/mol. The van der Waals surface area contributed by atoms with Crippen molar-refractivity contribution in [1.82, 2.24) is 0 Å². The van der Waals surface area contributed by atoms with Crippen LogP contribution in [0.3, 0.4) is 0 Å². The third-order valence-corrected chi connectivity index (χ3v) is 2.13. The minimum Gasteiger partial charge on any atom is -0.303 e. The lowest BCUT2D eigenvalue weighted by Gasteiger charge is -2.12. The van der Waals surface area contributed by atoms with Crippen LogP contribution in [0.25, 0.3) is 0 Å². The van der Waals surface area contributed by atoms with Crippen molar-refractivity contribution in [3.8, 4) is 0 Å². The first kappa shape index (κ1) is 8.56. The van der Waals surface area contributed by atoms with E-state index in [1.807, 2.05) is 0 Å². The highest BCUT2D eigenvalue weighted by Crippen LogP contribution is 2.40. The van der Waals surface area contributed by atoms with Gasteiger partial charge in [0.15, 0.2) is 0 Å². The number of rotatable bonds is 1. The molecule has 1 nitrogen and oxygen atoms in total. The molecule has 0 heterocycles. The fourth-order valence-corrected chi connectivity index (χ4v) is 1.44. The van der Waals surface area contributed by atoms with E-state index in [4.69, 9.17) is 0 Å². The molecule has 0 bridgehead atoms. The number of hydrogen-bond acceptors (Lipinski definition) is 1. The zero-order valence-electron chi connectivity index (χ0n) is 5.90. The molecule has 0 aromatic rings. The third-order valence-electron chi connectivity index (χ3n) is 2.13. The van der Waals surface area contributed by atoms with E-state index < -0.39 is 12.1 Å². The quantitative estimate of drug-likeness (QED) is 0.545. The van der Waals surface area contributed by atoms with Gasteiger partial charge in [0, 0.05) is 5.92 Å². The average molecular weight is 166 g/mol. The van der Waals surface area contributed by atoms with E-state index in [2.05, 4.69) is 0 Å². The van der Waals surface area contributed by atoms with E-state index in [-0.39, 0.29) is 18.8 Å². The molecule has 0 aromatic heterocycles. The highest BCUT2D eigenvalue weighted by atomic mass is 19.4. The molecule has 1 fully saturated rings. The Bertz CT molecular complexity index is 152. The number of alkyl halides is 3. The van der Waals surface area contributed by atoms with E-state index in [9.17, 15) is 18.0 Å². The molecule has 11 heavy (non-hydrogen) atoms. The second-order valence-electron chi connectivity index (χ2n) is 2.95. The summed E-state index contributed by atoms with van der Waals surface area (Å²) in [5.74, 6) is -1.60. The summed E-state index contributed by atoms with van der Waals surface area (Å²) in [6, 6.07) is 0. The Morgan fingerprint density at radius 1 is 1.27 bits per heavy atom. The van der Waals surface area contributed by atoms with Crippen molar-refractivity contribution in [2.75, 3.05) is 0 Å². The highest BCUT2D eigenvalue weighted by Gasteiger charge is 2.43. The molecule has 0 saturated heterocycles. The molecular formula is C7H9F3O. The van der Waals surface area contributed by atoms with Crippen LogP contribution in [0, 0.1) is 11.8 Å². The van der Waals surface area contributed by atoms with Gasteiger partial charge in [-0.05, 0) is 19.3 Å². The van der Waals surface area contributed by atoms with Crippen LogP contribution in [-0.4, -0.2) is 12.5 Å². The van der Waals surface area contributed by atoms with Gasteiger partial charge in [-0.1, -0.05) is 0 Å². The molecule has 1 aliphatic rings. The molecule has 1 rings (SSSR count). The van der Waals surface area contributed by atoms with Crippen molar-refractivity contribution in [2.45, 2.75) is 25.4 Å². The SMILES string of the molecule is O=C[C@@H]1CC[C@@H](C(F)(F)F)C1. The number of carbonyl (C=O) groups excluding carboxylic acids is 1. The molecule has 4 heteroatoms. The smallest absolute Gasteiger partial charge is 0.303 e. The maximum atomic E-state index is 12.0. The predicted molar refractivity (Wildman–Crippen MR) is 32.9 cm³/mol. The first-order valence-electron chi connectivity index (χ1n) is 3.56. The summed E-state index contributed by atoms with van der Waals surface area (Å²) >= 11 is 0. The fourth-order valence-electron chi connectivity index (χ4n) is 1.44. The molecule has 0 unspecified atom stereocenters. The first-order chi connectivity index (χ1) is 5.04. The van der Waals surface area contributed by atoms with Crippen molar-refractivity contribution in [3.05, 3.63) is 0 Å².